The number of rotatable bonds is 7. The largest absolute Gasteiger partial charge is 0.493 e. The van der Waals surface area contributed by atoms with Crippen LogP contribution in [0.4, 0.5) is 0 Å². The maximum atomic E-state index is 11.6. The lowest BCUT2D eigenvalue weighted by Gasteiger charge is -2.16. The number of hydrogen-bond acceptors (Lipinski definition) is 3. The van der Waals surface area contributed by atoms with E-state index in [-0.39, 0.29) is 12.5 Å². The SMILES string of the molecule is CN(CCCO)C(=O)CCOc1ccccc1. The third-order valence-corrected chi connectivity index (χ3v) is 2.41. The molecule has 0 atom stereocenters. The molecule has 17 heavy (non-hydrogen) atoms. The molecule has 0 aromatic heterocycles. The summed E-state index contributed by atoms with van der Waals surface area (Å²) in [4.78, 5) is 13.2. The van der Waals surface area contributed by atoms with E-state index in [0.717, 1.165) is 5.75 Å². The maximum Gasteiger partial charge on any atom is 0.225 e. The molecule has 0 fully saturated rings. The third-order valence-electron chi connectivity index (χ3n) is 2.41. The van der Waals surface area contributed by atoms with Crippen LogP contribution in [0.5, 0.6) is 5.75 Å². The van der Waals surface area contributed by atoms with Crippen LogP contribution in [0.2, 0.25) is 0 Å². The van der Waals surface area contributed by atoms with Gasteiger partial charge in [0.05, 0.1) is 13.0 Å². The average molecular weight is 237 g/mol. The normalized spacial score (nSPS) is 10.0. The Morgan fingerprint density at radius 2 is 2.06 bits per heavy atom. The van der Waals surface area contributed by atoms with E-state index in [4.69, 9.17) is 9.84 Å². The number of aliphatic hydroxyl groups excluding tert-OH is 1. The van der Waals surface area contributed by atoms with E-state index in [9.17, 15) is 4.79 Å². The molecule has 0 saturated heterocycles. The van der Waals surface area contributed by atoms with Crippen molar-refractivity contribution in [1.82, 2.24) is 4.90 Å². The van der Waals surface area contributed by atoms with Crippen LogP contribution in [-0.2, 0) is 4.79 Å². The molecule has 0 saturated carbocycles. The summed E-state index contributed by atoms with van der Waals surface area (Å²) in [5, 5.41) is 8.66. The molecule has 94 valence electrons. The number of amides is 1. The Labute approximate surface area is 102 Å². The molecule has 4 heteroatoms. The predicted octanol–water partition coefficient (Wildman–Crippen LogP) is 1.30. The highest BCUT2D eigenvalue weighted by molar-refractivity contribution is 5.75. The van der Waals surface area contributed by atoms with Gasteiger partial charge in [0, 0.05) is 20.2 Å². The van der Waals surface area contributed by atoms with Crippen molar-refractivity contribution in [2.45, 2.75) is 12.8 Å². The number of ether oxygens (including phenoxy) is 1. The van der Waals surface area contributed by atoms with Gasteiger partial charge in [-0.2, -0.15) is 0 Å². The zero-order valence-corrected chi connectivity index (χ0v) is 10.1. The van der Waals surface area contributed by atoms with Gasteiger partial charge >= 0.3 is 0 Å². The lowest BCUT2D eigenvalue weighted by Crippen LogP contribution is -2.29. The summed E-state index contributed by atoms with van der Waals surface area (Å²) in [6.07, 6.45) is 0.971. The molecule has 4 nitrogen and oxygen atoms in total. The molecule has 1 amide bonds. The van der Waals surface area contributed by atoms with E-state index < -0.39 is 0 Å². The zero-order chi connectivity index (χ0) is 12.5. The second kappa shape index (κ2) is 7.68. The molecule has 0 bridgehead atoms. The fourth-order valence-corrected chi connectivity index (χ4v) is 1.40. The van der Waals surface area contributed by atoms with Crippen LogP contribution in [-0.4, -0.2) is 42.7 Å². The zero-order valence-electron chi connectivity index (χ0n) is 10.1. The van der Waals surface area contributed by atoms with E-state index in [1.54, 1.807) is 11.9 Å². The van der Waals surface area contributed by atoms with Crippen LogP contribution in [0.3, 0.4) is 0 Å². The summed E-state index contributed by atoms with van der Waals surface area (Å²) >= 11 is 0. The van der Waals surface area contributed by atoms with Gasteiger partial charge in [-0.05, 0) is 18.6 Å². The Morgan fingerprint density at radius 1 is 1.35 bits per heavy atom. The van der Waals surface area contributed by atoms with E-state index in [1.165, 1.54) is 0 Å². The lowest BCUT2D eigenvalue weighted by atomic mass is 10.3. The molecule has 0 radical (unpaired) electrons. The second-order valence-corrected chi connectivity index (χ2v) is 3.80. The maximum absolute atomic E-state index is 11.6. The minimum atomic E-state index is 0.0365. The van der Waals surface area contributed by atoms with Crippen molar-refractivity contribution in [3.05, 3.63) is 30.3 Å². The smallest absolute Gasteiger partial charge is 0.225 e. The first-order chi connectivity index (χ1) is 8.24. The van der Waals surface area contributed by atoms with Gasteiger partial charge in [-0.25, -0.2) is 0 Å². The first-order valence-electron chi connectivity index (χ1n) is 5.76. The number of aliphatic hydroxyl groups is 1. The quantitative estimate of drug-likeness (QED) is 0.777. The summed E-state index contributed by atoms with van der Waals surface area (Å²) < 4.78 is 5.43. The Balaban J connectivity index is 2.20. The Kier molecular flexibility index (Phi) is 6.10. The molecule has 0 aliphatic rings. The van der Waals surface area contributed by atoms with Gasteiger partial charge in [0.2, 0.25) is 5.91 Å². The first kappa shape index (κ1) is 13.5. The standard InChI is InChI=1S/C13H19NO3/c1-14(9-5-10-15)13(16)8-11-17-12-6-3-2-4-7-12/h2-4,6-7,15H,5,8-11H2,1H3. The van der Waals surface area contributed by atoms with Crippen LogP contribution >= 0.6 is 0 Å². The average Bonchev–Trinajstić information content (AvgIpc) is 2.37. The van der Waals surface area contributed by atoms with E-state index in [1.807, 2.05) is 30.3 Å². The summed E-state index contributed by atoms with van der Waals surface area (Å²) in [5.41, 5.74) is 0. The van der Waals surface area contributed by atoms with Crippen molar-refractivity contribution < 1.29 is 14.6 Å². The minimum absolute atomic E-state index is 0.0365. The van der Waals surface area contributed by atoms with Crippen molar-refractivity contribution in [2.75, 3.05) is 26.8 Å². The monoisotopic (exact) mass is 237 g/mol. The summed E-state index contributed by atoms with van der Waals surface area (Å²) in [6, 6.07) is 9.43. The lowest BCUT2D eigenvalue weighted by molar-refractivity contribution is -0.130. The Hall–Kier alpha value is -1.55. The highest BCUT2D eigenvalue weighted by Gasteiger charge is 2.07. The van der Waals surface area contributed by atoms with Crippen LogP contribution in [0, 0.1) is 0 Å². The molecule has 1 N–H and O–H groups in total. The molecule has 1 aromatic rings. The molecular weight excluding hydrogens is 218 g/mol. The van der Waals surface area contributed by atoms with Gasteiger partial charge in [-0.15, -0.1) is 0 Å². The Morgan fingerprint density at radius 3 is 2.71 bits per heavy atom. The van der Waals surface area contributed by atoms with Gasteiger partial charge in [-0.1, -0.05) is 18.2 Å². The van der Waals surface area contributed by atoms with Gasteiger partial charge in [0.25, 0.3) is 0 Å². The van der Waals surface area contributed by atoms with Crippen molar-refractivity contribution >= 4 is 5.91 Å². The van der Waals surface area contributed by atoms with Crippen LogP contribution in [0.25, 0.3) is 0 Å². The number of carbonyl (C=O) groups excluding carboxylic acids is 1. The number of para-hydroxylation sites is 1. The summed E-state index contributed by atoms with van der Waals surface area (Å²) in [5.74, 6) is 0.813. The van der Waals surface area contributed by atoms with Crippen molar-refractivity contribution in [3.8, 4) is 5.75 Å². The fraction of sp³-hybridized carbons (Fsp3) is 0.462. The van der Waals surface area contributed by atoms with Crippen molar-refractivity contribution in [1.29, 1.82) is 0 Å². The van der Waals surface area contributed by atoms with Gasteiger partial charge in [0.1, 0.15) is 5.75 Å². The van der Waals surface area contributed by atoms with Crippen molar-refractivity contribution in [3.63, 3.8) is 0 Å². The van der Waals surface area contributed by atoms with E-state index >= 15 is 0 Å². The molecule has 0 unspecified atom stereocenters. The van der Waals surface area contributed by atoms with Gasteiger partial charge in [0.15, 0.2) is 0 Å². The molecule has 0 spiro atoms. The minimum Gasteiger partial charge on any atom is -0.493 e. The van der Waals surface area contributed by atoms with Crippen LogP contribution in [0.1, 0.15) is 12.8 Å². The molecule has 0 heterocycles. The number of benzene rings is 1. The van der Waals surface area contributed by atoms with Crippen LogP contribution < -0.4 is 4.74 Å². The van der Waals surface area contributed by atoms with E-state index in [2.05, 4.69) is 0 Å². The third kappa shape index (κ3) is 5.36. The number of carbonyl (C=O) groups is 1. The summed E-state index contributed by atoms with van der Waals surface area (Å²) in [6.45, 7) is 1.07. The van der Waals surface area contributed by atoms with Crippen molar-refractivity contribution in [2.24, 2.45) is 0 Å². The first-order valence-corrected chi connectivity index (χ1v) is 5.76. The molecule has 1 aromatic carbocycles. The molecule has 0 aliphatic carbocycles. The number of nitrogens with zero attached hydrogens (tertiary/aromatic N) is 1. The fourth-order valence-electron chi connectivity index (χ4n) is 1.40. The topological polar surface area (TPSA) is 49.8 Å². The second-order valence-electron chi connectivity index (χ2n) is 3.80. The van der Waals surface area contributed by atoms with Gasteiger partial charge in [-0.3, -0.25) is 4.79 Å². The predicted molar refractivity (Wildman–Crippen MR) is 65.9 cm³/mol. The molecular formula is C13H19NO3. The molecule has 1 rings (SSSR count). The van der Waals surface area contributed by atoms with Crippen LogP contribution in [0.15, 0.2) is 30.3 Å². The van der Waals surface area contributed by atoms with E-state index in [0.29, 0.717) is 26.0 Å². The highest BCUT2D eigenvalue weighted by atomic mass is 16.5. The Bertz CT molecular complexity index is 327. The summed E-state index contributed by atoms with van der Waals surface area (Å²) in [7, 11) is 1.74. The number of hydrogen-bond donors (Lipinski definition) is 1. The molecule has 0 aliphatic heterocycles. The van der Waals surface area contributed by atoms with Gasteiger partial charge < -0.3 is 14.7 Å². The highest BCUT2D eigenvalue weighted by Crippen LogP contribution is 2.08.